The van der Waals surface area contributed by atoms with Gasteiger partial charge in [-0.3, -0.25) is 9.78 Å². The summed E-state index contributed by atoms with van der Waals surface area (Å²) in [5, 5.41) is 0.813. The first-order valence-corrected chi connectivity index (χ1v) is 11.7. The Morgan fingerprint density at radius 2 is 1.81 bits per heavy atom. The number of thioether (sulfide) groups is 1. The number of halogens is 1. The number of aromatic nitrogens is 3. The van der Waals surface area contributed by atoms with E-state index in [9.17, 15) is 9.18 Å². The predicted molar refractivity (Wildman–Crippen MR) is 124 cm³/mol. The number of hydrogen-bond acceptors (Lipinski definition) is 4. The highest BCUT2D eigenvalue weighted by Crippen LogP contribution is 2.28. The van der Waals surface area contributed by atoms with E-state index in [1.54, 1.807) is 36.3 Å². The van der Waals surface area contributed by atoms with Gasteiger partial charge in [0.15, 0.2) is 5.16 Å². The first kappa shape index (κ1) is 20.7. The fraction of sp³-hybridized carbons (Fsp3) is 0.240. The van der Waals surface area contributed by atoms with E-state index >= 15 is 0 Å². The van der Waals surface area contributed by atoms with Crippen molar-refractivity contribution in [3.63, 3.8) is 0 Å². The number of benzene rings is 2. The number of amides is 1. The van der Waals surface area contributed by atoms with Crippen LogP contribution in [0.5, 0.6) is 0 Å². The minimum Gasteiger partial charge on any atom is -0.339 e. The summed E-state index contributed by atoms with van der Waals surface area (Å²) in [6.07, 6.45) is 5.66. The number of hydrogen-bond donors (Lipinski definition) is 0. The molecule has 1 amide bonds. The Hall–Kier alpha value is -3.19. The summed E-state index contributed by atoms with van der Waals surface area (Å²) in [7, 11) is 0. The van der Waals surface area contributed by atoms with Crippen LogP contribution in [0.4, 0.5) is 4.39 Å². The van der Waals surface area contributed by atoms with Crippen LogP contribution in [0.1, 0.15) is 34.3 Å². The highest BCUT2D eigenvalue weighted by Gasteiger charge is 2.19. The molecule has 2 aromatic carbocycles. The molecule has 7 heteroatoms. The Labute approximate surface area is 190 Å². The van der Waals surface area contributed by atoms with Crippen LogP contribution in [-0.2, 0) is 12.3 Å². The van der Waals surface area contributed by atoms with Gasteiger partial charge < -0.3 is 9.47 Å². The average Bonchev–Trinajstić information content (AvgIpc) is 3.48. The normalized spacial score (nSPS) is 13.7. The molecule has 0 saturated carbocycles. The van der Waals surface area contributed by atoms with Crippen molar-refractivity contribution >= 4 is 28.7 Å². The molecule has 5 rings (SSSR count). The molecule has 1 aliphatic rings. The number of fused-ring (bicyclic) bond motifs is 1. The molecule has 4 aromatic rings. The molecule has 2 aromatic heterocycles. The monoisotopic (exact) mass is 446 g/mol. The molecule has 0 atom stereocenters. The minimum atomic E-state index is -0.229. The molecular weight excluding hydrogens is 423 g/mol. The molecule has 0 aliphatic carbocycles. The van der Waals surface area contributed by atoms with Crippen LogP contribution in [0.25, 0.3) is 11.0 Å². The van der Waals surface area contributed by atoms with Crippen molar-refractivity contribution in [2.24, 2.45) is 0 Å². The number of imidazole rings is 1. The maximum Gasteiger partial charge on any atom is 0.253 e. The molecule has 1 saturated heterocycles. The number of carbonyl (C=O) groups excluding carboxylic acids is 1. The SMILES string of the molecule is O=C(c1ccc(CSc2nc3ccncc3n2Cc2ccccc2F)cc1)N1CCCC1. The van der Waals surface area contributed by atoms with Gasteiger partial charge in [-0.15, -0.1) is 0 Å². The van der Waals surface area contributed by atoms with Gasteiger partial charge in [0.2, 0.25) is 0 Å². The first-order valence-electron chi connectivity index (χ1n) is 10.7. The second-order valence-corrected chi connectivity index (χ2v) is 8.86. The van der Waals surface area contributed by atoms with E-state index in [0.29, 0.717) is 17.9 Å². The van der Waals surface area contributed by atoms with Crippen molar-refractivity contribution in [2.45, 2.75) is 30.3 Å². The van der Waals surface area contributed by atoms with Gasteiger partial charge in [0.1, 0.15) is 5.82 Å². The summed E-state index contributed by atoms with van der Waals surface area (Å²) in [6.45, 7) is 2.09. The number of nitrogens with zero attached hydrogens (tertiary/aromatic N) is 4. The highest BCUT2D eigenvalue weighted by atomic mass is 32.2. The standard InChI is InChI=1S/C25H23FN4OS/c26-21-6-2-1-5-20(21)16-30-23-15-27-12-11-22(23)28-25(30)32-17-18-7-9-19(10-8-18)24(31)29-13-3-4-14-29/h1-2,5-12,15H,3-4,13-14,16-17H2. The van der Waals surface area contributed by atoms with Crippen molar-refractivity contribution in [3.05, 3.63) is 89.5 Å². The van der Waals surface area contributed by atoms with E-state index < -0.39 is 0 Å². The Morgan fingerprint density at radius 1 is 1.03 bits per heavy atom. The average molecular weight is 447 g/mol. The maximum atomic E-state index is 14.3. The minimum absolute atomic E-state index is 0.112. The third-order valence-corrected chi connectivity index (χ3v) is 6.81. The molecule has 0 bridgehead atoms. The molecule has 5 nitrogen and oxygen atoms in total. The van der Waals surface area contributed by atoms with E-state index in [0.717, 1.165) is 53.2 Å². The van der Waals surface area contributed by atoms with E-state index in [1.165, 1.54) is 6.07 Å². The molecule has 0 N–H and O–H groups in total. The number of likely N-dealkylation sites (tertiary alicyclic amines) is 1. The Balaban J connectivity index is 1.35. The summed E-state index contributed by atoms with van der Waals surface area (Å²) < 4.78 is 16.3. The van der Waals surface area contributed by atoms with Crippen molar-refractivity contribution in [1.82, 2.24) is 19.4 Å². The zero-order valence-corrected chi connectivity index (χ0v) is 18.4. The lowest BCUT2D eigenvalue weighted by atomic mass is 10.1. The summed E-state index contributed by atoms with van der Waals surface area (Å²) in [6, 6.07) is 16.5. The molecule has 0 unspecified atom stereocenters. The molecule has 32 heavy (non-hydrogen) atoms. The van der Waals surface area contributed by atoms with Crippen molar-refractivity contribution in [3.8, 4) is 0 Å². The molecule has 1 aliphatic heterocycles. The summed E-state index contributed by atoms with van der Waals surface area (Å²) >= 11 is 1.60. The third-order valence-electron chi connectivity index (χ3n) is 5.76. The van der Waals surface area contributed by atoms with Gasteiger partial charge in [0.25, 0.3) is 5.91 Å². The summed E-state index contributed by atoms with van der Waals surface area (Å²) in [4.78, 5) is 23.5. The lowest BCUT2D eigenvalue weighted by Crippen LogP contribution is -2.27. The smallest absolute Gasteiger partial charge is 0.253 e. The van der Waals surface area contributed by atoms with E-state index in [2.05, 4.69) is 4.98 Å². The lowest BCUT2D eigenvalue weighted by Gasteiger charge is -2.15. The topological polar surface area (TPSA) is 51.0 Å². The van der Waals surface area contributed by atoms with Crippen molar-refractivity contribution in [2.75, 3.05) is 13.1 Å². The zero-order chi connectivity index (χ0) is 21.9. The molecule has 0 spiro atoms. The van der Waals surface area contributed by atoms with Crippen molar-refractivity contribution < 1.29 is 9.18 Å². The van der Waals surface area contributed by atoms with Crippen LogP contribution in [0.2, 0.25) is 0 Å². The van der Waals surface area contributed by atoms with Crippen LogP contribution in [0, 0.1) is 5.82 Å². The summed E-state index contributed by atoms with van der Waals surface area (Å²) in [5.74, 6) is 0.583. The Kier molecular flexibility index (Phi) is 5.90. The van der Waals surface area contributed by atoms with Crippen LogP contribution in [0.3, 0.4) is 0 Å². The van der Waals surface area contributed by atoms with Gasteiger partial charge in [-0.2, -0.15) is 0 Å². The van der Waals surface area contributed by atoms with E-state index in [1.807, 2.05) is 45.9 Å². The van der Waals surface area contributed by atoms with E-state index in [-0.39, 0.29) is 11.7 Å². The summed E-state index contributed by atoms with van der Waals surface area (Å²) in [5.41, 5.74) is 4.17. The molecule has 162 valence electrons. The maximum absolute atomic E-state index is 14.3. The van der Waals surface area contributed by atoms with Gasteiger partial charge in [-0.25, -0.2) is 9.37 Å². The van der Waals surface area contributed by atoms with Crippen LogP contribution >= 0.6 is 11.8 Å². The largest absolute Gasteiger partial charge is 0.339 e. The predicted octanol–water partition coefficient (Wildman–Crippen LogP) is 5.15. The van der Waals surface area contributed by atoms with Gasteiger partial charge in [0.05, 0.1) is 23.8 Å². The fourth-order valence-electron chi connectivity index (χ4n) is 4.00. The first-order chi connectivity index (χ1) is 15.7. The third kappa shape index (κ3) is 4.25. The molecular formula is C25H23FN4OS. The van der Waals surface area contributed by atoms with Crippen LogP contribution in [-0.4, -0.2) is 38.4 Å². The van der Waals surface area contributed by atoms with Crippen molar-refractivity contribution in [1.29, 1.82) is 0 Å². The van der Waals surface area contributed by atoms with Gasteiger partial charge in [0, 0.05) is 36.2 Å². The van der Waals surface area contributed by atoms with Gasteiger partial charge in [-0.05, 0) is 42.7 Å². The Morgan fingerprint density at radius 3 is 2.59 bits per heavy atom. The highest BCUT2D eigenvalue weighted by molar-refractivity contribution is 7.98. The van der Waals surface area contributed by atoms with Gasteiger partial charge in [-0.1, -0.05) is 42.1 Å². The number of carbonyl (C=O) groups is 1. The second kappa shape index (κ2) is 9.12. The zero-order valence-electron chi connectivity index (χ0n) is 17.6. The number of pyridine rings is 1. The fourth-order valence-corrected chi connectivity index (χ4v) is 4.97. The Bertz CT molecular complexity index is 1250. The van der Waals surface area contributed by atoms with E-state index in [4.69, 9.17) is 4.98 Å². The van der Waals surface area contributed by atoms with Gasteiger partial charge >= 0.3 is 0 Å². The molecule has 3 heterocycles. The second-order valence-electron chi connectivity index (χ2n) is 7.92. The van der Waals surface area contributed by atoms with Crippen LogP contribution < -0.4 is 0 Å². The number of rotatable bonds is 6. The molecule has 0 radical (unpaired) electrons. The molecule has 1 fully saturated rings. The quantitative estimate of drug-likeness (QED) is 0.385. The lowest BCUT2D eigenvalue weighted by molar-refractivity contribution is 0.0793. The van der Waals surface area contributed by atoms with Crippen LogP contribution in [0.15, 0.2) is 72.1 Å².